The van der Waals surface area contributed by atoms with E-state index in [-0.39, 0.29) is 12.2 Å². The Morgan fingerprint density at radius 1 is 1.15 bits per heavy atom. The number of nitrogens with zero attached hydrogens (tertiary/aromatic N) is 2. The molecule has 11 heteroatoms. The second-order valence-electron chi connectivity index (χ2n) is 8.37. The minimum Gasteiger partial charge on any atom is -0.350 e. The molecule has 34 heavy (non-hydrogen) atoms. The quantitative estimate of drug-likeness (QED) is 0.562. The van der Waals surface area contributed by atoms with Gasteiger partial charge >= 0.3 is 6.18 Å². The SMILES string of the molecule is C[C@H](C(=O)NCc1ccccc1CN1CCCC1)N(c1ccc(Cl)c(C(F)(F)F)c1)S(C)(=O)=O. The lowest BCUT2D eigenvalue weighted by atomic mass is 10.1. The molecule has 1 saturated heterocycles. The first kappa shape index (κ1) is 26.3. The maximum absolute atomic E-state index is 13.3. The van der Waals surface area contributed by atoms with E-state index >= 15 is 0 Å². The second-order valence-corrected chi connectivity index (χ2v) is 10.6. The molecule has 1 aliphatic rings. The third-order valence-corrected chi connectivity index (χ3v) is 7.33. The molecule has 2 aromatic carbocycles. The number of carbonyl (C=O) groups excluding carboxylic acids is 1. The lowest BCUT2D eigenvalue weighted by Crippen LogP contribution is -2.47. The van der Waals surface area contributed by atoms with Crippen molar-refractivity contribution < 1.29 is 26.4 Å². The van der Waals surface area contributed by atoms with Crippen molar-refractivity contribution in [1.82, 2.24) is 10.2 Å². The van der Waals surface area contributed by atoms with Gasteiger partial charge in [0.25, 0.3) is 0 Å². The zero-order chi connectivity index (χ0) is 25.1. The molecular weight excluding hydrogens is 491 g/mol. The van der Waals surface area contributed by atoms with Crippen molar-refractivity contribution in [2.75, 3.05) is 23.7 Å². The molecule has 0 saturated carbocycles. The van der Waals surface area contributed by atoms with Gasteiger partial charge in [0.2, 0.25) is 15.9 Å². The first-order chi connectivity index (χ1) is 15.9. The summed E-state index contributed by atoms with van der Waals surface area (Å²) >= 11 is 5.66. The number of benzene rings is 2. The van der Waals surface area contributed by atoms with Crippen molar-refractivity contribution in [1.29, 1.82) is 0 Å². The normalized spacial score (nSPS) is 15.8. The minimum absolute atomic E-state index is 0.166. The molecule has 0 unspecified atom stereocenters. The number of amides is 1. The molecule has 0 aromatic heterocycles. The van der Waals surface area contributed by atoms with Gasteiger partial charge in [0.1, 0.15) is 6.04 Å². The van der Waals surface area contributed by atoms with E-state index in [0.717, 1.165) is 62.0 Å². The Kier molecular flexibility index (Phi) is 8.15. The van der Waals surface area contributed by atoms with Crippen LogP contribution in [-0.4, -0.2) is 44.6 Å². The number of rotatable bonds is 8. The minimum atomic E-state index is -4.78. The fourth-order valence-corrected chi connectivity index (χ4v) is 5.46. The van der Waals surface area contributed by atoms with Crippen LogP contribution in [0.2, 0.25) is 5.02 Å². The molecule has 0 bridgehead atoms. The Morgan fingerprint density at radius 2 is 1.76 bits per heavy atom. The van der Waals surface area contributed by atoms with Gasteiger partial charge in [-0.3, -0.25) is 14.0 Å². The van der Waals surface area contributed by atoms with Crippen LogP contribution in [0.3, 0.4) is 0 Å². The number of carbonyl (C=O) groups is 1. The van der Waals surface area contributed by atoms with Gasteiger partial charge in [0.15, 0.2) is 0 Å². The maximum Gasteiger partial charge on any atom is 0.417 e. The zero-order valence-corrected chi connectivity index (χ0v) is 20.5. The van der Waals surface area contributed by atoms with Crippen LogP contribution in [0.5, 0.6) is 0 Å². The lowest BCUT2D eigenvalue weighted by molar-refractivity contribution is -0.137. The lowest BCUT2D eigenvalue weighted by Gasteiger charge is -2.29. The fraction of sp³-hybridized carbons (Fsp3) is 0.435. The molecule has 6 nitrogen and oxygen atoms in total. The van der Waals surface area contributed by atoms with E-state index in [1.54, 1.807) is 0 Å². The van der Waals surface area contributed by atoms with E-state index < -0.39 is 38.7 Å². The highest BCUT2D eigenvalue weighted by Gasteiger charge is 2.36. The van der Waals surface area contributed by atoms with Crippen molar-refractivity contribution in [3.63, 3.8) is 0 Å². The van der Waals surface area contributed by atoms with Crippen molar-refractivity contribution in [2.24, 2.45) is 0 Å². The number of sulfonamides is 1. The van der Waals surface area contributed by atoms with Crippen molar-refractivity contribution in [2.45, 2.75) is 45.1 Å². The number of hydrogen-bond donors (Lipinski definition) is 1. The van der Waals surface area contributed by atoms with E-state index in [0.29, 0.717) is 10.4 Å². The van der Waals surface area contributed by atoms with Crippen LogP contribution < -0.4 is 9.62 Å². The van der Waals surface area contributed by atoms with Crippen molar-refractivity contribution >= 4 is 33.2 Å². The van der Waals surface area contributed by atoms with Crippen LogP contribution in [0.1, 0.15) is 36.5 Å². The monoisotopic (exact) mass is 517 g/mol. The van der Waals surface area contributed by atoms with E-state index in [2.05, 4.69) is 10.2 Å². The molecule has 0 radical (unpaired) electrons. The smallest absolute Gasteiger partial charge is 0.350 e. The largest absolute Gasteiger partial charge is 0.417 e. The predicted octanol–water partition coefficient (Wildman–Crippen LogP) is 4.43. The average Bonchev–Trinajstić information content (AvgIpc) is 3.25. The fourth-order valence-electron chi connectivity index (χ4n) is 4.07. The van der Waals surface area contributed by atoms with Gasteiger partial charge < -0.3 is 5.32 Å². The van der Waals surface area contributed by atoms with Gasteiger partial charge in [-0.15, -0.1) is 0 Å². The summed E-state index contributed by atoms with van der Waals surface area (Å²) in [5.74, 6) is -0.634. The molecule has 1 atom stereocenters. The highest BCUT2D eigenvalue weighted by Crippen LogP contribution is 2.37. The number of halogens is 4. The van der Waals surface area contributed by atoms with Crippen molar-refractivity contribution in [3.05, 3.63) is 64.2 Å². The number of anilines is 1. The van der Waals surface area contributed by atoms with Crippen LogP contribution >= 0.6 is 11.6 Å². The van der Waals surface area contributed by atoms with Gasteiger partial charge in [-0.1, -0.05) is 35.9 Å². The van der Waals surface area contributed by atoms with Gasteiger partial charge in [0, 0.05) is 13.1 Å². The maximum atomic E-state index is 13.3. The molecule has 0 aliphatic carbocycles. The highest BCUT2D eigenvalue weighted by molar-refractivity contribution is 7.92. The Hall–Kier alpha value is -2.30. The third kappa shape index (κ3) is 6.43. The third-order valence-electron chi connectivity index (χ3n) is 5.76. The summed E-state index contributed by atoms with van der Waals surface area (Å²) in [4.78, 5) is 15.2. The molecule has 2 aromatic rings. The Morgan fingerprint density at radius 3 is 2.35 bits per heavy atom. The molecule has 1 heterocycles. The average molecular weight is 518 g/mol. The van der Waals surface area contributed by atoms with Gasteiger partial charge in [0.05, 0.1) is 22.5 Å². The summed E-state index contributed by atoms with van der Waals surface area (Å²) in [6, 6.07) is 9.11. The van der Waals surface area contributed by atoms with E-state index in [4.69, 9.17) is 11.6 Å². The molecule has 0 spiro atoms. The van der Waals surface area contributed by atoms with Gasteiger partial charge in [-0.25, -0.2) is 8.42 Å². The summed E-state index contributed by atoms with van der Waals surface area (Å²) in [7, 11) is -4.09. The Labute approximate surface area is 202 Å². The summed E-state index contributed by atoms with van der Waals surface area (Å²) in [5, 5.41) is 2.17. The topological polar surface area (TPSA) is 69.7 Å². The van der Waals surface area contributed by atoms with Crippen LogP contribution in [0.4, 0.5) is 18.9 Å². The van der Waals surface area contributed by atoms with E-state index in [1.165, 1.54) is 6.92 Å². The summed E-state index contributed by atoms with van der Waals surface area (Å²) < 4.78 is 65.5. The summed E-state index contributed by atoms with van der Waals surface area (Å²) in [6.07, 6.45) is -1.64. The zero-order valence-electron chi connectivity index (χ0n) is 18.9. The number of nitrogens with one attached hydrogen (secondary N) is 1. The van der Waals surface area contributed by atoms with Crippen LogP contribution in [-0.2, 0) is 34.1 Å². The Balaban J connectivity index is 1.79. The molecule has 1 N–H and O–H groups in total. The predicted molar refractivity (Wildman–Crippen MR) is 126 cm³/mol. The summed E-state index contributed by atoms with van der Waals surface area (Å²) in [6.45, 7) is 4.28. The number of hydrogen-bond acceptors (Lipinski definition) is 4. The van der Waals surface area contributed by atoms with E-state index in [1.807, 2.05) is 24.3 Å². The van der Waals surface area contributed by atoms with E-state index in [9.17, 15) is 26.4 Å². The number of alkyl halides is 3. The first-order valence-electron chi connectivity index (χ1n) is 10.8. The van der Waals surface area contributed by atoms with Crippen LogP contribution in [0, 0.1) is 0 Å². The molecule has 1 fully saturated rings. The van der Waals surface area contributed by atoms with Crippen LogP contribution in [0.15, 0.2) is 42.5 Å². The summed E-state index contributed by atoms with van der Waals surface area (Å²) in [5.41, 5.74) is 0.483. The standard InChI is InChI=1S/C23H27ClF3N3O3S/c1-16(30(34(2,32)33)19-9-10-21(24)20(13-19)23(25,26)27)22(31)28-14-17-7-3-4-8-18(17)15-29-11-5-6-12-29/h3-4,7-10,13,16H,5-6,11-12,14-15H2,1-2H3,(H,28,31)/t16-/m1/s1. The molecular formula is C23H27ClF3N3O3S. The van der Waals surface area contributed by atoms with Gasteiger partial charge in [-0.05, 0) is 62.2 Å². The Bertz CT molecular complexity index is 1140. The van der Waals surface area contributed by atoms with Crippen LogP contribution in [0.25, 0.3) is 0 Å². The first-order valence-corrected chi connectivity index (χ1v) is 13.0. The second kappa shape index (κ2) is 10.5. The molecule has 1 aliphatic heterocycles. The highest BCUT2D eigenvalue weighted by atomic mass is 35.5. The number of likely N-dealkylation sites (tertiary alicyclic amines) is 1. The molecule has 3 rings (SSSR count). The van der Waals surface area contributed by atoms with Crippen molar-refractivity contribution in [3.8, 4) is 0 Å². The molecule has 1 amide bonds. The molecule has 186 valence electrons. The van der Waals surface area contributed by atoms with Gasteiger partial charge in [-0.2, -0.15) is 13.2 Å².